The number of benzene rings is 2. The van der Waals surface area contributed by atoms with E-state index in [-0.39, 0.29) is 6.79 Å². The molecule has 0 amide bonds. The molecular weight excluding hydrogens is 352 g/mol. The molecule has 0 fully saturated rings. The Morgan fingerprint density at radius 1 is 0.964 bits per heavy atom. The minimum atomic E-state index is 0.259. The molecule has 0 bridgehead atoms. The summed E-state index contributed by atoms with van der Waals surface area (Å²) >= 11 is 0. The summed E-state index contributed by atoms with van der Waals surface area (Å²) in [5, 5.41) is 4.67. The predicted octanol–water partition coefficient (Wildman–Crippen LogP) is 4.95. The summed E-state index contributed by atoms with van der Waals surface area (Å²) in [6.07, 6.45) is 4.02. The predicted molar refractivity (Wildman–Crippen MR) is 108 cm³/mol. The lowest BCUT2D eigenvalue weighted by molar-refractivity contribution is 0.174. The van der Waals surface area contributed by atoms with E-state index in [0.29, 0.717) is 0 Å². The van der Waals surface area contributed by atoms with Gasteiger partial charge in [0, 0.05) is 40.6 Å². The molecule has 0 spiro atoms. The van der Waals surface area contributed by atoms with E-state index in [0.717, 1.165) is 50.8 Å². The van der Waals surface area contributed by atoms with Crippen molar-refractivity contribution in [2.45, 2.75) is 0 Å². The van der Waals surface area contributed by atoms with Crippen LogP contribution in [0.2, 0.25) is 0 Å². The van der Waals surface area contributed by atoms with Gasteiger partial charge in [-0.3, -0.25) is 4.40 Å². The third-order valence-electron chi connectivity index (χ3n) is 5.01. The average Bonchev–Trinajstić information content (AvgIpc) is 3.44. The molecule has 5 aromatic rings. The minimum absolute atomic E-state index is 0.259. The Hall–Kier alpha value is -3.93. The molecular formula is C22H16N4O2. The zero-order valence-corrected chi connectivity index (χ0v) is 14.8. The molecule has 0 aliphatic carbocycles. The van der Waals surface area contributed by atoms with Crippen LogP contribution in [0.1, 0.15) is 0 Å². The number of ether oxygens (including phenoxy) is 2. The molecule has 1 aliphatic rings. The summed E-state index contributed by atoms with van der Waals surface area (Å²) < 4.78 is 13.0. The Kier molecular flexibility index (Phi) is 3.13. The molecule has 0 saturated carbocycles. The van der Waals surface area contributed by atoms with Crippen molar-refractivity contribution >= 4 is 28.1 Å². The number of hydrogen-bond donors (Lipinski definition) is 2. The second-order valence-electron chi connectivity index (χ2n) is 6.68. The quantitative estimate of drug-likeness (QED) is 0.473. The highest BCUT2D eigenvalue weighted by Gasteiger charge is 2.19. The van der Waals surface area contributed by atoms with Crippen LogP contribution in [0, 0.1) is 0 Å². The highest BCUT2D eigenvalue weighted by atomic mass is 16.7. The van der Waals surface area contributed by atoms with E-state index in [9.17, 15) is 0 Å². The lowest BCUT2D eigenvalue weighted by Crippen LogP contribution is -1.96. The first kappa shape index (κ1) is 15.2. The van der Waals surface area contributed by atoms with Crippen LogP contribution >= 0.6 is 0 Å². The smallest absolute Gasteiger partial charge is 0.231 e. The highest BCUT2D eigenvalue weighted by Crippen LogP contribution is 2.38. The zero-order chi connectivity index (χ0) is 18.5. The molecule has 136 valence electrons. The second-order valence-corrected chi connectivity index (χ2v) is 6.68. The first-order valence-electron chi connectivity index (χ1n) is 9.07. The molecule has 1 aliphatic heterocycles. The van der Waals surface area contributed by atoms with Gasteiger partial charge in [0.1, 0.15) is 17.2 Å². The van der Waals surface area contributed by atoms with E-state index >= 15 is 0 Å². The molecule has 0 unspecified atom stereocenters. The summed E-state index contributed by atoms with van der Waals surface area (Å²) in [6.45, 7) is 0.259. The van der Waals surface area contributed by atoms with Crippen LogP contribution in [-0.2, 0) is 0 Å². The lowest BCUT2D eigenvalue weighted by atomic mass is 10.1. The fourth-order valence-corrected chi connectivity index (χ4v) is 3.68. The van der Waals surface area contributed by atoms with Gasteiger partial charge in [-0.2, -0.15) is 0 Å². The Bertz CT molecular complexity index is 1340. The first-order chi connectivity index (χ1) is 13.9. The Balaban J connectivity index is 1.54. The van der Waals surface area contributed by atoms with Gasteiger partial charge in [0.15, 0.2) is 11.5 Å². The van der Waals surface area contributed by atoms with E-state index in [1.54, 1.807) is 0 Å². The molecule has 6 nitrogen and oxygen atoms in total. The normalized spacial score (nSPS) is 12.7. The maximum atomic E-state index is 5.52. The fraction of sp³-hybridized carbons (Fsp3) is 0.0455. The van der Waals surface area contributed by atoms with Crippen LogP contribution < -0.4 is 14.8 Å². The number of fused-ring (bicyclic) bond motifs is 3. The van der Waals surface area contributed by atoms with Gasteiger partial charge >= 0.3 is 0 Å². The van der Waals surface area contributed by atoms with Gasteiger partial charge in [-0.25, -0.2) is 4.98 Å². The maximum absolute atomic E-state index is 5.52. The summed E-state index contributed by atoms with van der Waals surface area (Å²) in [5.41, 5.74) is 4.83. The van der Waals surface area contributed by atoms with Gasteiger partial charge in [0.25, 0.3) is 0 Å². The van der Waals surface area contributed by atoms with Gasteiger partial charge < -0.3 is 19.8 Å². The standard InChI is InChI=1S/C22H16N4O2/c1-2-6-17-15(5-1)16(12-23-17)21-22(26-10-4-3-7-20(26)25-21)24-14-8-9-18-19(11-14)28-13-27-18/h1-12,23-24H,13H2. The first-order valence-corrected chi connectivity index (χ1v) is 9.07. The maximum Gasteiger partial charge on any atom is 0.231 e. The van der Waals surface area contributed by atoms with Crippen molar-refractivity contribution in [1.29, 1.82) is 0 Å². The third kappa shape index (κ3) is 2.24. The summed E-state index contributed by atoms with van der Waals surface area (Å²) in [5.74, 6) is 2.41. The molecule has 28 heavy (non-hydrogen) atoms. The number of aromatic amines is 1. The summed E-state index contributed by atoms with van der Waals surface area (Å²) in [7, 11) is 0. The fourth-order valence-electron chi connectivity index (χ4n) is 3.68. The largest absolute Gasteiger partial charge is 0.454 e. The van der Waals surface area contributed by atoms with Gasteiger partial charge in [-0.1, -0.05) is 24.3 Å². The SMILES string of the molecule is c1ccc2c(-c3nc4ccccn4c3Nc3ccc4c(c3)OCO4)c[nH]c2c1. The molecule has 6 rings (SSSR count). The molecule has 4 heterocycles. The van der Waals surface area contributed by atoms with Gasteiger partial charge in [-0.15, -0.1) is 0 Å². The van der Waals surface area contributed by atoms with Crippen molar-refractivity contribution < 1.29 is 9.47 Å². The van der Waals surface area contributed by atoms with E-state index in [1.165, 1.54) is 0 Å². The van der Waals surface area contributed by atoms with Crippen LogP contribution in [0.15, 0.2) is 73.1 Å². The molecule has 0 saturated heterocycles. The third-order valence-corrected chi connectivity index (χ3v) is 5.01. The molecule has 6 heteroatoms. The zero-order valence-electron chi connectivity index (χ0n) is 14.8. The molecule has 0 radical (unpaired) electrons. The monoisotopic (exact) mass is 368 g/mol. The van der Waals surface area contributed by atoms with Gasteiger partial charge in [-0.05, 0) is 30.3 Å². The number of nitrogens with one attached hydrogen (secondary N) is 2. The van der Waals surface area contributed by atoms with Crippen molar-refractivity contribution in [1.82, 2.24) is 14.4 Å². The topological polar surface area (TPSA) is 63.6 Å². The number of rotatable bonds is 3. The minimum Gasteiger partial charge on any atom is -0.454 e. The van der Waals surface area contributed by atoms with Crippen molar-refractivity contribution in [2.24, 2.45) is 0 Å². The van der Waals surface area contributed by atoms with E-state index in [1.807, 2.05) is 60.9 Å². The second kappa shape index (κ2) is 5.79. The number of nitrogens with zero attached hydrogens (tertiary/aromatic N) is 2. The number of aromatic nitrogens is 3. The van der Waals surface area contributed by atoms with Crippen LogP contribution in [0.3, 0.4) is 0 Å². The van der Waals surface area contributed by atoms with Crippen LogP contribution in [0.25, 0.3) is 27.8 Å². The Morgan fingerprint density at radius 3 is 2.86 bits per heavy atom. The summed E-state index contributed by atoms with van der Waals surface area (Å²) in [4.78, 5) is 8.24. The molecule has 2 aromatic carbocycles. The molecule has 2 N–H and O–H groups in total. The Labute approximate surface area is 160 Å². The Morgan fingerprint density at radius 2 is 1.86 bits per heavy atom. The summed E-state index contributed by atoms with van der Waals surface area (Å²) in [6, 6.07) is 20.1. The van der Waals surface area contributed by atoms with Crippen molar-refractivity contribution in [3.05, 3.63) is 73.1 Å². The number of hydrogen-bond acceptors (Lipinski definition) is 4. The van der Waals surface area contributed by atoms with Crippen LogP contribution in [0.5, 0.6) is 11.5 Å². The number of anilines is 2. The van der Waals surface area contributed by atoms with E-state index in [4.69, 9.17) is 14.5 Å². The van der Waals surface area contributed by atoms with Gasteiger partial charge in [0.05, 0.1) is 0 Å². The molecule has 0 atom stereocenters. The number of imidazole rings is 1. The molecule has 3 aromatic heterocycles. The van der Waals surface area contributed by atoms with Crippen LogP contribution in [0.4, 0.5) is 11.5 Å². The highest BCUT2D eigenvalue weighted by molar-refractivity contribution is 5.98. The number of pyridine rings is 1. The van der Waals surface area contributed by atoms with E-state index < -0.39 is 0 Å². The van der Waals surface area contributed by atoms with Crippen molar-refractivity contribution in [2.75, 3.05) is 12.1 Å². The number of H-pyrrole nitrogens is 1. The average molecular weight is 368 g/mol. The van der Waals surface area contributed by atoms with E-state index in [2.05, 4.69) is 26.8 Å². The van der Waals surface area contributed by atoms with Crippen molar-refractivity contribution in [3.63, 3.8) is 0 Å². The lowest BCUT2D eigenvalue weighted by Gasteiger charge is -2.09. The number of para-hydroxylation sites is 1. The van der Waals surface area contributed by atoms with Gasteiger partial charge in [0.2, 0.25) is 6.79 Å². The van der Waals surface area contributed by atoms with Crippen molar-refractivity contribution in [3.8, 4) is 22.8 Å². The van der Waals surface area contributed by atoms with Crippen LogP contribution in [-0.4, -0.2) is 21.2 Å².